The quantitative estimate of drug-likeness (QED) is 0.948. The molecule has 0 aliphatic rings. The maximum absolute atomic E-state index is 12.2. The van der Waals surface area contributed by atoms with Gasteiger partial charge >= 0.3 is 0 Å². The van der Waals surface area contributed by atoms with E-state index >= 15 is 0 Å². The van der Waals surface area contributed by atoms with Crippen LogP contribution in [0.3, 0.4) is 0 Å². The number of aryl methyl sites for hydroxylation is 1. The zero-order chi connectivity index (χ0) is 14.0. The van der Waals surface area contributed by atoms with Crippen LogP contribution >= 0.6 is 23.2 Å². The fourth-order valence-electron chi connectivity index (χ4n) is 1.61. The van der Waals surface area contributed by atoms with Gasteiger partial charge in [0.05, 0.1) is 17.1 Å². The summed E-state index contributed by atoms with van der Waals surface area (Å²) in [6.45, 7) is 2.10. The van der Waals surface area contributed by atoms with Gasteiger partial charge in [0, 0.05) is 12.1 Å². The van der Waals surface area contributed by atoms with E-state index in [-0.39, 0.29) is 5.91 Å². The van der Waals surface area contributed by atoms with Crippen LogP contribution in [0.5, 0.6) is 0 Å². The molecular weight excluding hydrogens is 287 g/mol. The molecule has 0 atom stereocenters. The highest BCUT2D eigenvalue weighted by Gasteiger charge is 2.17. The average Bonchev–Trinajstić information content (AvgIpc) is 2.77. The number of nitrogens with zero attached hydrogens (tertiary/aromatic N) is 3. The molecule has 7 heteroatoms. The first-order valence-electron chi connectivity index (χ1n) is 5.56. The molecule has 0 spiro atoms. The lowest BCUT2D eigenvalue weighted by molar-refractivity contribution is 0.0782. The number of hydrogen-bond donors (Lipinski definition) is 1. The van der Waals surface area contributed by atoms with Crippen LogP contribution in [0.15, 0.2) is 18.2 Å². The number of amides is 1. The Kier molecular flexibility index (Phi) is 4.07. The first-order valence-corrected chi connectivity index (χ1v) is 6.31. The monoisotopic (exact) mass is 298 g/mol. The predicted molar refractivity (Wildman–Crippen MR) is 73.4 cm³/mol. The fourth-order valence-corrected chi connectivity index (χ4v) is 1.98. The molecule has 0 radical (unpaired) electrons. The average molecular weight is 299 g/mol. The summed E-state index contributed by atoms with van der Waals surface area (Å²) in [6.07, 6.45) is 0. The van der Waals surface area contributed by atoms with Crippen molar-refractivity contribution in [1.82, 2.24) is 20.1 Å². The highest BCUT2D eigenvalue weighted by atomic mass is 35.5. The summed E-state index contributed by atoms with van der Waals surface area (Å²) >= 11 is 11.9. The third-order valence-corrected chi connectivity index (χ3v) is 3.09. The van der Waals surface area contributed by atoms with Crippen LogP contribution in [-0.4, -0.2) is 33.0 Å². The molecule has 2 aromatic rings. The minimum Gasteiger partial charge on any atom is -0.334 e. The number of halogens is 2. The Morgan fingerprint density at radius 3 is 2.79 bits per heavy atom. The van der Waals surface area contributed by atoms with E-state index in [1.54, 1.807) is 32.2 Å². The molecule has 2 rings (SSSR count). The van der Waals surface area contributed by atoms with Crippen molar-refractivity contribution in [2.45, 2.75) is 13.5 Å². The van der Waals surface area contributed by atoms with Crippen LogP contribution in [0.2, 0.25) is 10.0 Å². The van der Waals surface area contributed by atoms with Gasteiger partial charge in [0.1, 0.15) is 5.82 Å². The Morgan fingerprint density at radius 2 is 2.16 bits per heavy atom. The Morgan fingerprint density at radius 1 is 1.42 bits per heavy atom. The number of carbonyl (C=O) groups excluding carboxylic acids is 1. The number of rotatable bonds is 3. The molecular formula is C12H12Cl2N4O. The molecule has 1 N–H and O–H groups in total. The van der Waals surface area contributed by atoms with E-state index < -0.39 is 0 Å². The van der Waals surface area contributed by atoms with Crippen LogP contribution in [0, 0.1) is 6.92 Å². The normalized spacial score (nSPS) is 10.5. The number of H-pyrrole nitrogens is 1. The van der Waals surface area contributed by atoms with Crippen LogP contribution < -0.4 is 0 Å². The number of benzene rings is 1. The fraction of sp³-hybridized carbons (Fsp3) is 0.250. The highest BCUT2D eigenvalue weighted by molar-refractivity contribution is 6.35. The molecule has 0 unspecified atom stereocenters. The van der Waals surface area contributed by atoms with Gasteiger partial charge in [-0.05, 0) is 25.1 Å². The second-order valence-corrected chi connectivity index (χ2v) is 4.97. The van der Waals surface area contributed by atoms with Crippen molar-refractivity contribution in [2.75, 3.05) is 7.05 Å². The summed E-state index contributed by atoms with van der Waals surface area (Å²) < 4.78 is 0. The van der Waals surface area contributed by atoms with E-state index in [1.807, 2.05) is 0 Å². The lowest BCUT2D eigenvalue weighted by Gasteiger charge is -2.16. The van der Waals surface area contributed by atoms with Crippen LogP contribution in [0.1, 0.15) is 22.0 Å². The summed E-state index contributed by atoms with van der Waals surface area (Å²) in [6, 6.07) is 4.78. The second-order valence-electron chi connectivity index (χ2n) is 4.12. The van der Waals surface area contributed by atoms with Gasteiger partial charge in [-0.1, -0.05) is 23.2 Å². The molecule has 0 saturated heterocycles. The van der Waals surface area contributed by atoms with Gasteiger partial charge in [-0.15, -0.1) is 0 Å². The molecule has 19 heavy (non-hydrogen) atoms. The third-order valence-electron chi connectivity index (χ3n) is 2.53. The molecule has 1 heterocycles. The first-order chi connectivity index (χ1) is 8.97. The molecule has 0 aliphatic carbocycles. The summed E-state index contributed by atoms with van der Waals surface area (Å²) in [5.74, 6) is 1.03. The maximum atomic E-state index is 12.2. The molecule has 1 amide bonds. The minimum absolute atomic E-state index is 0.227. The van der Waals surface area contributed by atoms with Gasteiger partial charge in [0.25, 0.3) is 5.91 Å². The number of hydrogen-bond acceptors (Lipinski definition) is 3. The number of aromatic nitrogens is 3. The van der Waals surface area contributed by atoms with Gasteiger partial charge in [-0.25, -0.2) is 4.98 Å². The van der Waals surface area contributed by atoms with E-state index in [9.17, 15) is 4.79 Å². The lowest BCUT2D eigenvalue weighted by Crippen LogP contribution is -2.27. The molecule has 1 aromatic carbocycles. The number of carbonyl (C=O) groups is 1. The van der Waals surface area contributed by atoms with Crippen LogP contribution in [-0.2, 0) is 6.54 Å². The maximum Gasteiger partial charge on any atom is 0.255 e. The minimum atomic E-state index is -0.227. The van der Waals surface area contributed by atoms with Crippen molar-refractivity contribution in [3.8, 4) is 0 Å². The number of nitrogens with one attached hydrogen (secondary N) is 1. The van der Waals surface area contributed by atoms with Crippen LogP contribution in [0.4, 0.5) is 0 Å². The van der Waals surface area contributed by atoms with Crippen molar-refractivity contribution in [2.24, 2.45) is 0 Å². The molecule has 0 aliphatic heterocycles. The van der Waals surface area contributed by atoms with Gasteiger partial charge < -0.3 is 4.90 Å². The van der Waals surface area contributed by atoms with Gasteiger partial charge in [0.15, 0.2) is 5.82 Å². The zero-order valence-corrected chi connectivity index (χ0v) is 12.0. The topological polar surface area (TPSA) is 61.9 Å². The molecule has 0 bridgehead atoms. The molecule has 1 aromatic heterocycles. The summed E-state index contributed by atoms with van der Waals surface area (Å²) in [5.41, 5.74) is 0.365. The Labute approximate surface area is 120 Å². The molecule has 0 saturated carbocycles. The predicted octanol–water partition coefficient (Wildman–Crippen LogP) is 2.69. The standard InChI is InChI=1S/C12H12Cl2N4O/c1-7-15-11(17-16-7)6-18(2)12(19)9-5-8(13)3-4-10(9)14/h3-5H,6H2,1-2H3,(H,15,16,17). The van der Waals surface area contributed by atoms with E-state index in [4.69, 9.17) is 23.2 Å². The van der Waals surface area contributed by atoms with Crippen molar-refractivity contribution in [1.29, 1.82) is 0 Å². The van der Waals surface area contributed by atoms with Crippen molar-refractivity contribution in [3.63, 3.8) is 0 Å². The third kappa shape index (κ3) is 3.24. The first kappa shape index (κ1) is 13.8. The zero-order valence-electron chi connectivity index (χ0n) is 10.4. The van der Waals surface area contributed by atoms with Crippen molar-refractivity contribution >= 4 is 29.1 Å². The molecule has 100 valence electrons. The van der Waals surface area contributed by atoms with Crippen molar-refractivity contribution in [3.05, 3.63) is 45.5 Å². The van der Waals surface area contributed by atoms with Crippen LogP contribution in [0.25, 0.3) is 0 Å². The summed E-state index contributed by atoms with van der Waals surface area (Å²) in [4.78, 5) is 17.9. The second kappa shape index (κ2) is 5.59. The van der Waals surface area contributed by atoms with E-state index in [1.165, 1.54) is 4.90 Å². The largest absolute Gasteiger partial charge is 0.334 e. The lowest BCUT2D eigenvalue weighted by atomic mass is 10.2. The smallest absolute Gasteiger partial charge is 0.255 e. The van der Waals surface area contributed by atoms with Gasteiger partial charge in [-0.3, -0.25) is 9.89 Å². The summed E-state index contributed by atoms with van der Waals surface area (Å²) in [7, 11) is 1.66. The van der Waals surface area contributed by atoms with E-state index in [0.717, 1.165) is 0 Å². The Hall–Kier alpha value is -1.59. The number of aromatic amines is 1. The van der Waals surface area contributed by atoms with E-state index in [0.29, 0.717) is 33.8 Å². The van der Waals surface area contributed by atoms with Gasteiger partial charge in [-0.2, -0.15) is 5.10 Å². The Bertz CT molecular complexity index is 612. The molecule has 0 fully saturated rings. The molecule has 5 nitrogen and oxygen atoms in total. The van der Waals surface area contributed by atoms with E-state index in [2.05, 4.69) is 15.2 Å². The highest BCUT2D eigenvalue weighted by Crippen LogP contribution is 2.22. The SMILES string of the molecule is Cc1nc(CN(C)C(=O)c2cc(Cl)ccc2Cl)n[nH]1. The summed E-state index contributed by atoms with van der Waals surface area (Å²) in [5, 5.41) is 7.55. The van der Waals surface area contributed by atoms with Crippen molar-refractivity contribution < 1.29 is 4.79 Å². The van der Waals surface area contributed by atoms with Gasteiger partial charge in [0.2, 0.25) is 0 Å². The Balaban J connectivity index is 2.16.